The average Bonchev–Trinajstić information content (AvgIpc) is 2.71. The van der Waals surface area contributed by atoms with Crippen LogP contribution in [-0.4, -0.2) is 20.4 Å². The summed E-state index contributed by atoms with van der Waals surface area (Å²) in [6, 6.07) is 0. The van der Waals surface area contributed by atoms with Crippen molar-refractivity contribution in [1.82, 2.24) is 20.4 Å². The maximum Gasteiger partial charge on any atom is 0.203 e. The highest BCUT2D eigenvalue weighted by Gasteiger charge is 2.52. The molecule has 2 aromatic rings. The molecular formula is C7H8N6S2. The van der Waals surface area contributed by atoms with E-state index in [9.17, 15) is 0 Å². The van der Waals surface area contributed by atoms with Crippen molar-refractivity contribution in [2.24, 2.45) is 0 Å². The molecule has 0 aromatic carbocycles. The van der Waals surface area contributed by atoms with Crippen LogP contribution in [0.1, 0.15) is 22.9 Å². The first-order valence-electron chi connectivity index (χ1n) is 4.40. The quantitative estimate of drug-likeness (QED) is 0.798. The van der Waals surface area contributed by atoms with Crippen molar-refractivity contribution >= 4 is 32.9 Å². The maximum atomic E-state index is 5.57. The Bertz CT molecular complexity index is 457. The van der Waals surface area contributed by atoms with Gasteiger partial charge in [-0.1, -0.05) is 22.7 Å². The molecule has 0 aliphatic heterocycles. The minimum absolute atomic E-state index is 0.0927. The van der Waals surface area contributed by atoms with Crippen molar-refractivity contribution in [1.29, 1.82) is 0 Å². The van der Waals surface area contributed by atoms with E-state index in [-0.39, 0.29) is 5.41 Å². The van der Waals surface area contributed by atoms with Crippen LogP contribution in [0.15, 0.2) is 0 Å². The number of anilines is 2. The van der Waals surface area contributed by atoms with Crippen molar-refractivity contribution in [3.8, 4) is 0 Å². The second-order valence-electron chi connectivity index (χ2n) is 3.47. The Labute approximate surface area is 93.4 Å². The summed E-state index contributed by atoms with van der Waals surface area (Å²) in [5, 5.41) is 18.7. The standard InChI is InChI=1S/C7H8N6S2/c8-5-12-10-3(14-5)7(1-2-7)4-11-13-6(9)15-4/h1-2H2,(H2,8,12)(H2,9,13). The van der Waals surface area contributed by atoms with E-state index in [2.05, 4.69) is 20.4 Å². The van der Waals surface area contributed by atoms with Gasteiger partial charge in [-0.15, -0.1) is 20.4 Å². The van der Waals surface area contributed by atoms with Gasteiger partial charge >= 0.3 is 0 Å². The van der Waals surface area contributed by atoms with Crippen molar-refractivity contribution < 1.29 is 0 Å². The lowest BCUT2D eigenvalue weighted by molar-refractivity contribution is 0.779. The van der Waals surface area contributed by atoms with Gasteiger partial charge in [0.15, 0.2) is 0 Å². The minimum atomic E-state index is -0.0927. The van der Waals surface area contributed by atoms with E-state index in [1.54, 1.807) is 0 Å². The number of nitrogens with zero attached hydrogens (tertiary/aromatic N) is 4. The molecule has 4 N–H and O–H groups in total. The fraction of sp³-hybridized carbons (Fsp3) is 0.429. The molecule has 0 saturated heterocycles. The van der Waals surface area contributed by atoms with E-state index >= 15 is 0 Å². The highest BCUT2D eigenvalue weighted by Crippen LogP contribution is 2.55. The molecule has 2 heterocycles. The van der Waals surface area contributed by atoms with Crippen LogP contribution < -0.4 is 11.5 Å². The van der Waals surface area contributed by atoms with E-state index in [0.717, 1.165) is 22.9 Å². The van der Waals surface area contributed by atoms with Gasteiger partial charge in [0, 0.05) is 0 Å². The molecule has 8 heteroatoms. The summed E-state index contributed by atoms with van der Waals surface area (Å²) in [4.78, 5) is 0. The summed E-state index contributed by atoms with van der Waals surface area (Å²) >= 11 is 2.83. The van der Waals surface area contributed by atoms with Crippen molar-refractivity contribution in [2.75, 3.05) is 11.5 Å². The smallest absolute Gasteiger partial charge is 0.203 e. The normalized spacial score (nSPS) is 17.9. The molecule has 0 radical (unpaired) electrons. The molecule has 0 spiro atoms. The first-order chi connectivity index (χ1) is 7.21. The SMILES string of the molecule is Nc1nnc(C2(c3nnc(N)s3)CC2)s1. The monoisotopic (exact) mass is 240 g/mol. The highest BCUT2D eigenvalue weighted by atomic mass is 32.1. The van der Waals surface area contributed by atoms with Crippen molar-refractivity contribution in [3.05, 3.63) is 10.0 Å². The summed E-state index contributed by atoms with van der Waals surface area (Å²) in [5.74, 6) is 0. The van der Waals surface area contributed by atoms with Gasteiger partial charge in [-0.2, -0.15) is 0 Å². The van der Waals surface area contributed by atoms with E-state index < -0.39 is 0 Å². The fourth-order valence-electron chi connectivity index (χ4n) is 1.50. The lowest BCUT2D eigenvalue weighted by Crippen LogP contribution is -2.07. The molecule has 0 bridgehead atoms. The third kappa shape index (κ3) is 1.29. The van der Waals surface area contributed by atoms with E-state index in [4.69, 9.17) is 11.5 Å². The van der Waals surface area contributed by atoms with Gasteiger partial charge in [-0.25, -0.2) is 0 Å². The molecule has 1 fully saturated rings. The summed E-state index contributed by atoms with van der Waals surface area (Å²) in [6.45, 7) is 0. The molecular weight excluding hydrogens is 232 g/mol. The van der Waals surface area contributed by atoms with Crippen LogP contribution in [0.4, 0.5) is 10.3 Å². The van der Waals surface area contributed by atoms with Crippen LogP contribution in [0.25, 0.3) is 0 Å². The maximum absolute atomic E-state index is 5.57. The van der Waals surface area contributed by atoms with Gasteiger partial charge in [0.1, 0.15) is 10.0 Å². The Morgan fingerprint density at radius 2 is 1.33 bits per heavy atom. The van der Waals surface area contributed by atoms with Crippen LogP contribution >= 0.6 is 22.7 Å². The Hall–Kier alpha value is -1.28. The van der Waals surface area contributed by atoms with Gasteiger partial charge in [-0.05, 0) is 12.8 Å². The van der Waals surface area contributed by atoms with E-state index in [1.165, 1.54) is 22.7 Å². The lowest BCUT2D eigenvalue weighted by atomic mass is 10.1. The Morgan fingerprint density at radius 3 is 1.60 bits per heavy atom. The zero-order valence-corrected chi connectivity index (χ0v) is 9.31. The van der Waals surface area contributed by atoms with E-state index in [0.29, 0.717) is 10.3 Å². The van der Waals surface area contributed by atoms with Crippen LogP contribution in [0.5, 0.6) is 0 Å². The highest BCUT2D eigenvalue weighted by molar-refractivity contribution is 7.16. The summed E-state index contributed by atoms with van der Waals surface area (Å²) in [5.41, 5.74) is 11.1. The predicted octanol–water partition coefficient (Wildman–Crippen LogP) is 0.634. The zero-order chi connectivity index (χ0) is 10.5. The number of rotatable bonds is 2. The first kappa shape index (κ1) is 8.98. The predicted molar refractivity (Wildman–Crippen MR) is 58.7 cm³/mol. The zero-order valence-electron chi connectivity index (χ0n) is 7.67. The molecule has 3 rings (SSSR count). The molecule has 6 nitrogen and oxygen atoms in total. The largest absolute Gasteiger partial charge is 0.374 e. The molecule has 1 saturated carbocycles. The molecule has 1 aliphatic carbocycles. The number of hydrogen-bond acceptors (Lipinski definition) is 8. The van der Waals surface area contributed by atoms with Crippen molar-refractivity contribution in [2.45, 2.75) is 18.3 Å². The molecule has 78 valence electrons. The van der Waals surface area contributed by atoms with Crippen LogP contribution in [-0.2, 0) is 5.41 Å². The summed E-state index contributed by atoms with van der Waals surface area (Å²) in [6.07, 6.45) is 2.05. The Morgan fingerprint density at radius 1 is 0.867 bits per heavy atom. The average molecular weight is 240 g/mol. The van der Waals surface area contributed by atoms with Gasteiger partial charge in [0.25, 0.3) is 0 Å². The van der Waals surface area contributed by atoms with Crippen LogP contribution in [0.2, 0.25) is 0 Å². The van der Waals surface area contributed by atoms with Gasteiger partial charge in [0.05, 0.1) is 5.41 Å². The molecule has 0 unspecified atom stereocenters. The number of nitrogens with two attached hydrogens (primary N) is 2. The minimum Gasteiger partial charge on any atom is -0.374 e. The number of nitrogen functional groups attached to an aromatic ring is 2. The van der Waals surface area contributed by atoms with Crippen LogP contribution in [0.3, 0.4) is 0 Å². The summed E-state index contributed by atoms with van der Waals surface area (Å²) in [7, 11) is 0. The fourth-order valence-corrected chi connectivity index (χ4v) is 3.28. The molecule has 0 amide bonds. The molecule has 1 aliphatic rings. The van der Waals surface area contributed by atoms with Crippen LogP contribution in [0, 0.1) is 0 Å². The topological polar surface area (TPSA) is 104 Å². The molecule has 0 atom stereocenters. The second-order valence-corrected chi connectivity index (χ2v) is 5.49. The second kappa shape index (κ2) is 2.86. The van der Waals surface area contributed by atoms with Gasteiger partial charge < -0.3 is 11.5 Å². The van der Waals surface area contributed by atoms with Gasteiger partial charge in [0.2, 0.25) is 10.3 Å². The molecule has 2 aromatic heterocycles. The van der Waals surface area contributed by atoms with Gasteiger partial charge in [-0.3, -0.25) is 0 Å². The first-order valence-corrected chi connectivity index (χ1v) is 6.03. The number of aromatic nitrogens is 4. The summed E-state index contributed by atoms with van der Waals surface area (Å²) < 4.78 is 0. The Kier molecular flexibility index (Phi) is 1.71. The Balaban J connectivity index is 2.04. The number of hydrogen-bond donors (Lipinski definition) is 2. The molecule has 15 heavy (non-hydrogen) atoms. The third-order valence-corrected chi connectivity index (χ3v) is 4.36. The van der Waals surface area contributed by atoms with Crippen molar-refractivity contribution in [3.63, 3.8) is 0 Å². The lowest BCUT2D eigenvalue weighted by Gasteiger charge is -2.04. The van der Waals surface area contributed by atoms with E-state index in [1.807, 2.05) is 0 Å². The third-order valence-electron chi connectivity index (χ3n) is 2.45.